The Morgan fingerprint density at radius 2 is 2.00 bits per heavy atom. The molecule has 0 radical (unpaired) electrons. The first-order chi connectivity index (χ1) is 6.18. The fraction of sp³-hybridized carbons (Fsp3) is 1.00. The van der Waals surface area contributed by atoms with Crippen LogP contribution in [0.5, 0.6) is 0 Å². The third kappa shape index (κ3) is 4.60. The van der Waals surface area contributed by atoms with Gasteiger partial charge in [-0.05, 0) is 52.9 Å². The van der Waals surface area contributed by atoms with Gasteiger partial charge < -0.3 is 16.0 Å². The molecular weight excluding hydrogens is 162 g/mol. The summed E-state index contributed by atoms with van der Waals surface area (Å²) in [6.07, 6.45) is 4.92. The third-order valence-corrected chi connectivity index (χ3v) is 2.64. The second kappa shape index (κ2) is 5.58. The summed E-state index contributed by atoms with van der Waals surface area (Å²) >= 11 is 0. The summed E-state index contributed by atoms with van der Waals surface area (Å²) in [6, 6.07) is 1.19. The monoisotopic (exact) mass is 185 g/mol. The van der Waals surface area contributed by atoms with Crippen molar-refractivity contribution in [1.29, 1.82) is 0 Å². The summed E-state index contributed by atoms with van der Waals surface area (Å²) in [5.41, 5.74) is 5.69. The van der Waals surface area contributed by atoms with Gasteiger partial charge in [-0.3, -0.25) is 0 Å². The Hall–Kier alpha value is -0.120. The number of unbranched alkanes of at least 4 members (excludes halogenated alkanes) is 1. The molecular formula is C10H23N3. The lowest BCUT2D eigenvalue weighted by Gasteiger charge is -2.33. The third-order valence-electron chi connectivity index (χ3n) is 2.64. The molecule has 3 N–H and O–H groups in total. The van der Waals surface area contributed by atoms with E-state index in [1.807, 2.05) is 0 Å². The highest BCUT2D eigenvalue weighted by molar-refractivity contribution is 4.87. The van der Waals surface area contributed by atoms with Crippen LogP contribution in [0.25, 0.3) is 0 Å². The average molecular weight is 185 g/mol. The number of nitrogens with one attached hydrogen (secondary N) is 1. The minimum atomic E-state index is 0.472. The van der Waals surface area contributed by atoms with Gasteiger partial charge in [0.25, 0.3) is 0 Å². The smallest absolute Gasteiger partial charge is 0.00965 e. The number of hydrogen-bond donors (Lipinski definition) is 2. The topological polar surface area (TPSA) is 41.3 Å². The Bertz CT molecular complexity index is 130. The van der Waals surface area contributed by atoms with E-state index >= 15 is 0 Å². The molecule has 0 atom stereocenters. The zero-order valence-electron chi connectivity index (χ0n) is 8.92. The Kier molecular flexibility index (Phi) is 4.70. The van der Waals surface area contributed by atoms with Crippen LogP contribution >= 0.6 is 0 Å². The molecule has 1 rings (SSSR count). The van der Waals surface area contributed by atoms with E-state index in [1.165, 1.54) is 32.2 Å². The molecule has 0 aromatic rings. The van der Waals surface area contributed by atoms with Gasteiger partial charge >= 0.3 is 0 Å². The summed E-state index contributed by atoms with van der Waals surface area (Å²) in [4.78, 5) is 2.24. The van der Waals surface area contributed by atoms with Gasteiger partial charge in [0.05, 0.1) is 0 Å². The van der Waals surface area contributed by atoms with Crippen LogP contribution in [0, 0.1) is 0 Å². The summed E-state index contributed by atoms with van der Waals surface area (Å²) in [5, 5.41) is 3.52. The fourth-order valence-electron chi connectivity index (χ4n) is 1.69. The van der Waals surface area contributed by atoms with Crippen LogP contribution in [-0.2, 0) is 0 Å². The summed E-state index contributed by atoms with van der Waals surface area (Å²) in [5.74, 6) is 0. The van der Waals surface area contributed by atoms with Gasteiger partial charge in [0, 0.05) is 12.1 Å². The second-order valence-corrected chi connectivity index (χ2v) is 4.39. The minimum Gasteiger partial charge on any atom is -0.328 e. The highest BCUT2D eigenvalue weighted by Crippen LogP contribution is 2.16. The number of nitrogens with two attached hydrogens (primary N) is 1. The van der Waals surface area contributed by atoms with Crippen LogP contribution in [0.3, 0.4) is 0 Å². The van der Waals surface area contributed by atoms with E-state index in [0.717, 1.165) is 6.54 Å². The van der Waals surface area contributed by atoms with Crippen molar-refractivity contribution in [3.8, 4) is 0 Å². The minimum absolute atomic E-state index is 0.472. The van der Waals surface area contributed by atoms with Crippen molar-refractivity contribution < 1.29 is 0 Å². The highest BCUT2D eigenvalue weighted by atomic mass is 15.0. The maximum Gasteiger partial charge on any atom is 0.00965 e. The molecule has 1 fully saturated rings. The maximum absolute atomic E-state index is 5.69. The molecule has 0 amide bonds. The van der Waals surface area contributed by atoms with Gasteiger partial charge in [0.1, 0.15) is 0 Å². The first-order valence-corrected chi connectivity index (χ1v) is 5.32. The molecule has 0 bridgehead atoms. The molecule has 0 spiro atoms. The van der Waals surface area contributed by atoms with Crippen molar-refractivity contribution in [2.24, 2.45) is 5.73 Å². The normalized spacial score (nSPS) is 27.7. The Morgan fingerprint density at radius 3 is 2.54 bits per heavy atom. The van der Waals surface area contributed by atoms with Crippen molar-refractivity contribution in [2.45, 2.75) is 37.8 Å². The van der Waals surface area contributed by atoms with Gasteiger partial charge in [-0.25, -0.2) is 0 Å². The summed E-state index contributed by atoms with van der Waals surface area (Å²) < 4.78 is 0. The SMILES string of the molecule is CN(C)CCCCNC1CC(N)C1. The molecule has 0 aromatic carbocycles. The van der Waals surface area contributed by atoms with E-state index in [4.69, 9.17) is 5.73 Å². The van der Waals surface area contributed by atoms with Gasteiger partial charge in [0.15, 0.2) is 0 Å². The Labute approximate surface area is 81.7 Å². The van der Waals surface area contributed by atoms with E-state index in [0.29, 0.717) is 12.1 Å². The van der Waals surface area contributed by atoms with Crippen molar-refractivity contribution in [1.82, 2.24) is 10.2 Å². The number of rotatable bonds is 6. The largest absolute Gasteiger partial charge is 0.328 e. The molecule has 0 unspecified atom stereocenters. The zero-order valence-corrected chi connectivity index (χ0v) is 8.92. The van der Waals surface area contributed by atoms with Crippen LogP contribution in [0.4, 0.5) is 0 Å². The summed E-state index contributed by atoms with van der Waals surface area (Å²) in [6.45, 7) is 2.36. The van der Waals surface area contributed by atoms with Gasteiger partial charge in [-0.1, -0.05) is 0 Å². The molecule has 1 aliphatic rings. The first kappa shape index (κ1) is 11.0. The van der Waals surface area contributed by atoms with E-state index in [-0.39, 0.29) is 0 Å². The fourth-order valence-corrected chi connectivity index (χ4v) is 1.69. The molecule has 1 aliphatic carbocycles. The number of hydrogen-bond acceptors (Lipinski definition) is 3. The lowest BCUT2D eigenvalue weighted by molar-refractivity contribution is 0.288. The maximum atomic E-state index is 5.69. The van der Waals surface area contributed by atoms with Gasteiger partial charge in [0.2, 0.25) is 0 Å². The predicted molar refractivity (Wildman–Crippen MR) is 56.8 cm³/mol. The van der Waals surface area contributed by atoms with E-state index in [1.54, 1.807) is 0 Å². The molecule has 0 aliphatic heterocycles. The van der Waals surface area contributed by atoms with Crippen molar-refractivity contribution >= 4 is 0 Å². The molecule has 1 saturated carbocycles. The average Bonchev–Trinajstić information content (AvgIpc) is 1.99. The van der Waals surface area contributed by atoms with Crippen molar-refractivity contribution in [3.63, 3.8) is 0 Å². The van der Waals surface area contributed by atoms with Crippen LogP contribution in [-0.4, -0.2) is 44.2 Å². The molecule has 0 aromatic heterocycles. The summed E-state index contributed by atoms with van der Waals surface area (Å²) in [7, 11) is 4.25. The number of nitrogens with zero attached hydrogens (tertiary/aromatic N) is 1. The van der Waals surface area contributed by atoms with Gasteiger partial charge in [-0.15, -0.1) is 0 Å². The Morgan fingerprint density at radius 1 is 1.31 bits per heavy atom. The molecule has 78 valence electrons. The molecule has 0 heterocycles. The molecule has 13 heavy (non-hydrogen) atoms. The predicted octanol–water partition coefficient (Wildman–Crippen LogP) is 0.408. The first-order valence-electron chi connectivity index (χ1n) is 5.32. The van der Waals surface area contributed by atoms with Gasteiger partial charge in [-0.2, -0.15) is 0 Å². The van der Waals surface area contributed by atoms with E-state index < -0.39 is 0 Å². The Balaban J connectivity index is 1.79. The van der Waals surface area contributed by atoms with Crippen molar-refractivity contribution in [2.75, 3.05) is 27.2 Å². The quantitative estimate of drug-likeness (QED) is 0.589. The molecule has 3 heteroatoms. The lowest BCUT2D eigenvalue weighted by Crippen LogP contribution is -2.48. The standard InChI is InChI=1S/C10H23N3/c1-13(2)6-4-3-5-12-10-7-9(11)8-10/h9-10,12H,3-8,11H2,1-2H3. The van der Waals surface area contributed by atoms with Crippen LogP contribution < -0.4 is 11.1 Å². The second-order valence-electron chi connectivity index (χ2n) is 4.39. The van der Waals surface area contributed by atoms with E-state index in [9.17, 15) is 0 Å². The molecule has 0 saturated heterocycles. The van der Waals surface area contributed by atoms with E-state index in [2.05, 4.69) is 24.3 Å². The van der Waals surface area contributed by atoms with Crippen molar-refractivity contribution in [3.05, 3.63) is 0 Å². The zero-order chi connectivity index (χ0) is 9.68. The van der Waals surface area contributed by atoms with Crippen LogP contribution in [0.2, 0.25) is 0 Å². The lowest BCUT2D eigenvalue weighted by atomic mass is 9.87. The van der Waals surface area contributed by atoms with Crippen LogP contribution in [0.1, 0.15) is 25.7 Å². The van der Waals surface area contributed by atoms with Crippen LogP contribution in [0.15, 0.2) is 0 Å². The highest BCUT2D eigenvalue weighted by Gasteiger charge is 2.24. The molecule has 3 nitrogen and oxygen atoms in total.